The van der Waals surface area contributed by atoms with Crippen molar-refractivity contribution >= 4 is 17.3 Å². The number of carbonyl (C=O) groups is 1. The Morgan fingerprint density at radius 3 is 2.63 bits per heavy atom. The maximum Gasteiger partial charge on any atom is 0.278 e. The van der Waals surface area contributed by atoms with E-state index < -0.39 is 10.8 Å². The van der Waals surface area contributed by atoms with Crippen molar-refractivity contribution in [3.63, 3.8) is 0 Å². The molecule has 0 bridgehead atoms. The summed E-state index contributed by atoms with van der Waals surface area (Å²) < 4.78 is 5.65. The first-order chi connectivity index (χ1) is 12.8. The summed E-state index contributed by atoms with van der Waals surface area (Å²) in [6, 6.07) is 12.1. The molecule has 0 fully saturated rings. The quantitative estimate of drug-likeness (QED) is 0.454. The summed E-state index contributed by atoms with van der Waals surface area (Å²) in [5.41, 5.74) is 5.07. The second-order valence-electron chi connectivity index (χ2n) is 6.49. The smallest absolute Gasteiger partial charge is 0.278 e. The first-order valence-electron chi connectivity index (χ1n) is 8.60. The van der Waals surface area contributed by atoms with Crippen LogP contribution < -0.4 is 10.2 Å². The highest BCUT2D eigenvalue weighted by Gasteiger charge is 2.15. The summed E-state index contributed by atoms with van der Waals surface area (Å²) in [5, 5.41) is 15.0. The van der Waals surface area contributed by atoms with Crippen LogP contribution in [-0.2, 0) is 4.79 Å². The Hall–Kier alpha value is -3.22. The summed E-state index contributed by atoms with van der Waals surface area (Å²) >= 11 is 0. The zero-order chi connectivity index (χ0) is 20.0. The molecule has 2 aromatic carbocycles. The number of nitrogens with zero attached hydrogens (tertiary/aromatic N) is 2. The molecule has 0 aliphatic heterocycles. The van der Waals surface area contributed by atoms with Crippen LogP contribution in [0.2, 0.25) is 0 Å². The average Bonchev–Trinajstić information content (AvgIpc) is 2.64. The minimum Gasteiger partial charge on any atom is -0.483 e. The summed E-state index contributed by atoms with van der Waals surface area (Å²) in [5.74, 6) is 0.492. The molecule has 1 amide bonds. The zero-order valence-corrected chi connectivity index (χ0v) is 15.9. The van der Waals surface area contributed by atoms with Crippen molar-refractivity contribution in [2.75, 3.05) is 6.61 Å². The second-order valence-corrected chi connectivity index (χ2v) is 6.49. The maximum absolute atomic E-state index is 12.1. The van der Waals surface area contributed by atoms with Gasteiger partial charge >= 0.3 is 0 Å². The van der Waals surface area contributed by atoms with Crippen LogP contribution in [0, 0.1) is 17.0 Å². The van der Waals surface area contributed by atoms with Gasteiger partial charge in [-0.25, -0.2) is 5.43 Å². The van der Waals surface area contributed by atoms with Crippen molar-refractivity contribution in [3.05, 3.63) is 69.3 Å². The van der Waals surface area contributed by atoms with Crippen LogP contribution in [0.25, 0.3) is 0 Å². The van der Waals surface area contributed by atoms with Crippen LogP contribution in [0.5, 0.6) is 5.75 Å². The highest BCUT2D eigenvalue weighted by atomic mass is 16.6. The number of hydrogen-bond acceptors (Lipinski definition) is 5. The molecule has 2 rings (SSSR count). The fourth-order valence-corrected chi connectivity index (χ4v) is 2.56. The van der Waals surface area contributed by atoms with Gasteiger partial charge in [0.05, 0.1) is 16.2 Å². The second kappa shape index (κ2) is 8.93. The molecular formula is C20H23N3O4. The third kappa shape index (κ3) is 5.37. The lowest BCUT2D eigenvalue weighted by Gasteiger charge is -2.14. The molecule has 0 unspecified atom stereocenters. The van der Waals surface area contributed by atoms with Crippen LogP contribution in [0.4, 0.5) is 5.69 Å². The Kier molecular flexibility index (Phi) is 6.65. The molecule has 0 atom stereocenters. The van der Waals surface area contributed by atoms with Gasteiger partial charge in [0.1, 0.15) is 5.75 Å². The number of nitro benzene ring substituents is 1. The van der Waals surface area contributed by atoms with E-state index in [-0.39, 0.29) is 18.2 Å². The standard InChI is InChI=1S/C20H23N3O4/c1-13(2)16-10-9-14(3)11-19(16)27-12-20(24)22-21-15(4)17-7-5-6-8-18(17)23(25)26/h5-11,13H,12H2,1-4H3,(H,22,24)/b21-15-. The summed E-state index contributed by atoms with van der Waals surface area (Å²) in [6.45, 7) is 7.46. The molecule has 142 valence electrons. The first-order valence-corrected chi connectivity index (χ1v) is 8.60. The lowest BCUT2D eigenvalue weighted by Crippen LogP contribution is -2.26. The van der Waals surface area contributed by atoms with Gasteiger partial charge < -0.3 is 4.74 Å². The lowest BCUT2D eigenvalue weighted by atomic mass is 10.0. The van der Waals surface area contributed by atoms with E-state index in [2.05, 4.69) is 24.4 Å². The monoisotopic (exact) mass is 369 g/mol. The maximum atomic E-state index is 12.1. The fourth-order valence-electron chi connectivity index (χ4n) is 2.56. The van der Waals surface area contributed by atoms with Gasteiger partial charge in [-0.2, -0.15) is 5.10 Å². The Labute approximate surface area is 158 Å². The van der Waals surface area contributed by atoms with E-state index in [4.69, 9.17) is 4.74 Å². The number of hydrazone groups is 1. The number of ether oxygens (including phenoxy) is 1. The lowest BCUT2D eigenvalue weighted by molar-refractivity contribution is -0.385. The van der Waals surface area contributed by atoms with Crippen molar-refractivity contribution in [3.8, 4) is 5.75 Å². The molecule has 0 saturated heterocycles. The normalized spacial score (nSPS) is 11.4. The van der Waals surface area contributed by atoms with Gasteiger partial charge in [0.2, 0.25) is 0 Å². The predicted octanol–water partition coefficient (Wildman–Crippen LogP) is 3.95. The number of nitro groups is 1. The van der Waals surface area contributed by atoms with Crippen LogP contribution in [0.1, 0.15) is 43.4 Å². The van der Waals surface area contributed by atoms with Crippen molar-refractivity contribution in [1.29, 1.82) is 0 Å². The molecule has 0 heterocycles. The van der Waals surface area contributed by atoms with E-state index in [1.165, 1.54) is 6.07 Å². The number of nitrogens with one attached hydrogen (secondary N) is 1. The molecule has 7 nitrogen and oxygen atoms in total. The fraction of sp³-hybridized carbons (Fsp3) is 0.300. The topological polar surface area (TPSA) is 93.8 Å². The molecule has 0 spiro atoms. The third-order valence-electron chi connectivity index (χ3n) is 3.99. The van der Waals surface area contributed by atoms with Gasteiger partial charge in [-0.1, -0.05) is 38.1 Å². The van der Waals surface area contributed by atoms with Crippen molar-refractivity contribution in [2.24, 2.45) is 5.10 Å². The predicted molar refractivity (Wildman–Crippen MR) is 104 cm³/mol. The number of rotatable bonds is 7. The van der Waals surface area contributed by atoms with Crippen LogP contribution in [-0.4, -0.2) is 23.1 Å². The van der Waals surface area contributed by atoms with Crippen molar-refractivity contribution < 1.29 is 14.5 Å². The van der Waals surface area contributed by atoms with Gasteiger partial charge in [-0.05, 0) is 43.0 Å². The van der Waals surface area contributed by atoms with E-state index in [9.17, 15) is 14.9 Å². The number of amides is 1. The van der Waals surface area contributed by atoms with Gasteiger partial charge in [0.25, 0.3) is 11.6 Å². The SMILES string of the molecule is C/C(=N/NC(=O)COc1cc(C)ccc1C(C)C)c1ccccc1[N+](=O)[O-]. The minimum absolute atomic E-state index is 0.0643. The molecule has 0 radical (unpaired) electrons. The van der Waals surface area contributed by atoms with E-state index in [0.29, 0.717) is 17.0 Å². The van der Waals surface area contributed by atoms with Crippen LogP contribution in [0.15, 0.2) is 47.6 Å². The van der Waals surface area contributed by atoms with Gasteiger partial charge in [0.15, 0.2) is 6.61 Å². The molecule has 7 heteroatoms. The minimum atomic E-state index is -0.482. The number of hydrogen-bond donors (Lipinski definition) is 1. The molecule has 27 heavy (non-hydrogen) atoms. The molecule has 2 aromatic rings. The summed E-state index contributed by atoms with van der Waals surface area (Å²) in [6.07, 6.45) is 0. The van der Waals surface area contributed by atoms with Crippen LogP contribution in [0.3, 0.4) is 0 Å². The van der Waals surface area contributed by atoms with Crippen LogP contribution >= 0.6 is 0 Å². The summed E-state index contributed by atoms with van der Waals surface area (Å²) in [7, 11) is 0. The van der Waals surface area contributed by atoms with E-state index in [1.54, 1.807) is 25.1 Å². The Bertz CT molecular complexity index is 875. The highest BCUT2D eigenvalue weighted by Crippen LogP contribution is 2.27. The highest BCUT2D eigenvalue weighted by molar-refractivity contribution is 6.02. The Balaban J connectivity index is 2.04. The largest absolute Gasteiger partial charge is 0.483 e. The summed E-state index contributed by atoms with van der Waals surface area (Å²) in [4.78, 5) is 22.7. The van der Waals surface area contributed by atoms with Gasteiger partial charge in [-0.3, -0.25) is 14.9 Å². The molecular weight excluding hydrogens is 346 g/mol. The number of aryl methyl sites for hydroxylation is 1. The Morgan fingerprint density at radius 2 is 1.96 bits per heavy atom. The molecule has 0 saturated carbocycles. The van der Waals surface area contributed by atoms with Gasteiger partial charge in [0, 0.05) is 6.07 Å². The zero-order valence-electron chi connectivity index (χ0n) is 15.9. The first kappa shape index (κ1) is 20.1. The number of para-hydroxylation sites is 1. The van der Waals surface area contributed by atoms with Gasteiger partial charge in [-0.15, -0.1) is 0 Å². The molecule has 1 N–H and O–H groups in total. The Morgan fingerprint density at radius 1 is 1.26 bits per heavy atom. The average molecular weight is 369 g/mol. The van der Waals surface area contributed by atoms with E-state index in [1.807, 2.05) is 25.1 Å². The molecule has 0 aromatic heterocycles. The third-order valence-corrected chi connectivity index (χ3v) is 3.99. The molecule has 0 aliphatic rings. The number of benzene rings is 2. The van der Waals surface area contributed by atoms with E-state index in [0.717, 1.165) is 11.1 Å². The molecule has 0 aliphatic carbocycles. The van der Waals surface area contributed by atoms with E-state index >= 15 is 0 Å². The van der Waals surface area contributed by atoms with Crippen molar-refractivity contribution in [1.82, 2.24) is 5.43 Å². The van der Waals surface area contributed by atoms with Crippen molar-refractivity contribution in [2.45, 2.75) is 33.6 Å². The number of carbonyl (C=O) groups excluding carboxylic acids is 1.